The van der Waals surface area contributed by atoms with Crippen LogP contribution in [-0.2, 0) is 4.79 Å². The summed E-state index contributed by atoms with van der Waals surface area (Å²) < 4.78 is 5.01. The third-order valence-corrected chi connectivity index (χ3v) is 5.12. The molecule has 0 aliphatic carbocycles. The minimum Gasteiger partial charge on any atom is -0.496 e. The second-order valence-electron chi connectivity index (χ2n) is 7.00. The van der Waals surface area contributed by atoms with Gasteiger partial charge in [-0.15, -0.1) is 0 Å². The van der Waals surface area contributed by atoms with E-state index in [1.165, 1.54) is 31.4 Å². The van der Waals surface area contributed by atoms with E-state index in [0.717, 1.165) is 27.1 Å². The van der Waals surface area contributed by atoms with Gasteiger partial charge in [-0.3, -0.25) is 14.9 Å². The second-order valence-corrected chi connectivity index (χ2v) is 7.00. The van der Waals surface area contributed by atoms with Crippen molar-refractivity contribution >= 4 is 44.9 Å². The molecule has 156 valence electrons. The van der Waals surface area contributed by atoms with Crippen LogP contribution in [0.15, 0.2) is 78.4 Å². The van der Waals surface area contributed by atoms with Crippen molar-refractivity contribution in [1.29, 1.82) is 5.26 Å². The van der Waals surface area contributed by atoms with Gasteiger partial charge >= 0.3 is 0 Å². The number of rotatable bonds is 5. The van der Waals surface area contributed by atoms with Crippen LogP contribution >= 0.6 is 0 Å². The summed E-state index contributed by atoms with van der Waals surface area (Å²) in [6.45, 7) is 0. The Bertz CT molecular complexity index is 1400. The highest BCUT2D eigenvalue weighted by Crippen LogP contribution is 2.32. The first-order valence-corrected chi connectivity index (χ1v) is 9.68. The van der Waals surface area contributed by atoms with Gasteiger partial charge in [-0.1, -0.05) is 48.5 Å². The van der Waals surface area contributed by atoms with E-state index in [2.05, 4.69) is 11.4 Å². The smallest absolute Gasteiger partial charge is 0.296 e. The highest BCUT2D eigenvalue weighted by Gasteiger charge is 2.19. The number of hydrogen-bond acceptors (Lipinski definition) is 5. The van der Waals surface area contributed by atoms with Crippen molar-refractivity contribution in [2.24, 2.45) is 0 Å². The van der Waals surface area contributed by atoms with Gasteiger partial charge in [-0.2, -0.15) is 5.26 Å². The Morgan fingerprint density at radius 1 is 1.03 bits per heavy atom. The molecule has 4 aromatic carbocycles. The van der Waals surface area contributed by atoms with E-state index in [9.17, 15) is 20.2 Å². The zero-order chi connectivity index (χ0) is 22.7. The molecule has 7 heteroatoms. The van der Waals surface area contributed by atoms with E-state index in [1.807, 2.05) is 54.6 Å². The number of benzene rings is 4. The van der Waals surface area contributed by atoms with Gasteiger partial charge in [-0.05, 0) is 51.4 Å². The minimum absolute atomic E-state index is 0.0234. The Hall–Kier alpha value is -4.70. The van der Waals surface area contributed by atoms with Crippen molar-refractivity contribution in [3.8, 4) is 11.8 Å². The minimum atomic E-state index is -0.738. The molecule has 0 atom stereocenters. The van der Waals surface area contributed by atoms with Gasteiger partial charge in [0.25, 0.3) is 11.6 Å². The maximum Gasteiger partial charge on any atom is 0.296 e. The molecule has 0 saturated carbocycles. The zero-order valence-electron chi connectivity index (χ0n) is 17.0. The molecule has 0 unspecified atom stereocenters. The Kier molecular flexibility index (Phi) is 5.51. The van der Waals surface area contributed by atoms with Crippen LogP contribution in [-0.4, -0.2) is 17.9 Å². The summed E-state index contributed by atoms with van der Waals surface area (Å²) in [7, 11) is 1.39. The summed E-state index contributed by atoms with van der Waals surface area (Å²) in [6, 6.07) is 23.5. The number of amides is 1. The number of methoxy groups -OCH3 is 1. The molecule has 0 fully saturated rings. The molecule has 0 spiro atoms. The average Bonchev–Trinajstić information content (AvgIpc) is 2.81. The van der Waals surface area contributed by atoms with Crippen LogP contribution in [0.2, 0.25) is 0 Å². The number of nitro groups is 1. The number of anilines is 1. The van der Waals surface area contributed by atoms with Gasteiger partial charge in [0.15, 0.2) is 0 Å². The molecule has 1 N–H and O–H groups in total. The quantitative estimate of drug-likeness (QED) is 0.151. The first-order chi connectivity index (χ1) is 15.5. The normalized spacial score (nSPS) is 11.2. The fourth-order valence-electron chi connectivity index (χ4n) is 3.58. The molecular formula is C25H17N3O4. The molecule has 0 aliphatic heterocycles. The molecule has 0 radical (unpaired) electrons. The molecule has 4 aromatic rings. The molecule has 7 nitrogen and oxygen atoms in total. The maximum absolute atomic E-state index is 12.9. The van der Waals surface area contributed by atoms with E-state index >= 15 is 0 Å². The van der Waals surface area contributed by atoms with E-state index < -0.39 is 10.8 Å². The number of nitro benzene ring substituents is 1. The van der Waals surface area contributed by atoms with Crippen molar-refractivity contribution in [3.63, 3.8) is 0 Å². The number of hydrogen-bond donors (Lipinski definition) is 1. The van der Waals surface area contributed by atoms with Gasteiger partial charge < -0.3 is 10.1 Å². The van der Waals surface area contributed by atoms with Crippen molar-refractivity contribution < 1.29 is 14.5 Å². The predicted octanol–water partition coefficient (Wildman–Crippen LogP) is 5.46. The summed E-state index contributed by atoms with van der Waals surface area (Å²) in [5.74, 6) is -0.453. The van der Waals surface area contributed by atoms with Crippen molar-refractivity contribution in [2.75, 3.05) is 12.4 Å². The van der Waals surface area contributed by atoms with Gasteiger partial charge in [0.05, 0.1) is 18.1 Å². The molecule has 4 rings (SSSR count). The van der Waals surface area contributed by atoms with Gasteiger partial charge in [0.2, 0.25) is 0 Å². The lowest BCUT2D eigenvalue weighted by atomic mass is 9.95. The number of nitrogens with zero attached hydrogens (tertiary/aromatic N) is 2. The van der Waals surface area contributed by atoms with Gasteiger partial charge in [-0.25, -0.2) is 0 Å². The predicted molar refractivity (Wildman–Crippen MR) is 123 cm³/mol. The molecule has 0 aliphatic rings. The monoisotopic (exact) mass is 423 g/mol. The van der Waals surface area contributed by atoms with E-state index in [1.54, 1.807) is 0 Å². The first-order valence-electron chi connectivity index (χ1n) is 9.68. The van der Waals surface area contributed by atoms with Crippen LogP contribution < -0.4 is 10.1 Å². The van der Waals surface area contributed by atoms with E-state index in [0.29, 0.717) is 0 Å². The molecule has 0 bridgehead atoms. The maximum atomic E-state index is 12.9. The van der Waals surface area contributed by atoms with Crippen LogP contribution in [0.25, 0.3) is 27.6 Å². The standard InChI is InChI=1S/C25H17N3O4/c1-32-19-10-11-23(24(14-19)28(30)31)27-25(29)18(15-26)13-22-20-8-4-2-6-16(20)12-17-7-3-5-9-21(17)22/h2-14H,1H3,(H,27,29). The first kappa shape index (κ1) is 20.6. The highest BCUT2D eigenvalue weighted by atomic mass is 16.6. The molecule has 0 aromatic heterocycles. The lowest BCUT2D eigenvalue weighted by Gasteiger charge is -2.10. The Balaban J connectivity index is 1.81. The Morgan fingerprint density at radius 2 is 1.66 bits per heavy atom. The van der Waals surface area contributed by atoms with Gasteiger partial charge in [0.1, 0.15) is 23.1 Å². The van der Waals surface area contributed by atoms with Gasteiger partial charge in [0, 0.05) is 0 Å². The van der Waals surface area contributed by atoms with Crippen LogP contribution in [0.5, 0.6) is 5.75 Å². The third-order valence-electron chi connectivity index (χ3n) is 5.12. The number of carbonyl (C=O) groups excluding carboxylic acids is 1. The second kappa shape index (κ2) is 8.58. The largest absolute Gasteiger partial charge is 0.496 e. The Morgan fingerprint density at radius 3 is 2.22 bits per heavy atom. The summed E-state index contributed by atoms with van der Waals surface area (Å²) >= 11 is 0. The average molecular weight is 423 g/mol. The lowest BCUT2D eigenvalue weighted by Crippen LogP contribution is -2.14. The lowest BCUT2D eigenvalue weighted by molar-refractivity contribution is -0.384. The fraction of sp³-hybridized carbons (Fsp3) is 0.0400. The number of nitrogens with one attached hydrogen (secondary N) is 1. The summed E-state index contributed by atoms with van der Waals surface area (Å²) in [4.78, 5) is 23.7. The molecule has 0 heterocycles. The number of fused-ring (bicyclic) bond motifs is 2. The summed E-state index contributed by atoms with van der Waals surface area (Å²) in [5.41, 5.74) is 0.210. The number of nitriles is 1. The van der Waals surface area contributed by atoms with Crippen LogP contribution in [0.1, 0.15) is 5.56 Å². The fourth-order valence-corrected chi connectivity index (χ4v) is 3.58. The number of ether oxygens (including phenoxy) is 1. The third kappa shape index (κ3) is 3.85. The highest BCUT2D eigenvalue weighted by molar-refractivity contribution is 6.14. The molecule has 1 amide bonds. The summed E-state index contributed by atoms with van der Waals surface area (Å²) in [6.07, 6.45) is 1.52. The van der Waals surface area contributed by atoms with Crippen molar-refractivity contribution in [1.82, 2.24) is 0 Å². The summed E-state index contributed by atoms with van der Waals surface area (Å²) in [5, 5.41) is 27.3. The van der Waals surface area contributed by atoms with Crippen molar-refractivity contribution in [3.05, 3.63) is 94.0 Å². The Labute approximate surface area is 183 Å². The van der Waals surface area contributed by atoms with Crippen LogP contribution in [0, 0.1) is 21.4 Å². The van der Waals surface area contributed by atoms with E-state index in [4.69, 9.17) is 4.74 Å². The molecule has 0 saturated heterocycles. The molecule has 32 heavy (non-hydrogen) atoms. The van der Waals surface area contributed by atoms with Crippen molar-refractivity contribution in [2.45, 2.75) is 0 Å². The topological polar surface area (TPSA) is 105 Å². The van der Waals surface area contributed by atoms with E-state index in [-0.39, 0.29) is 22.7 Å². The zero-order valence-corrected chi connectivity index (χ0v) is 17.0. The molecular weight excluding hydrogens is 406 g/mol. The van der Waals surface area contributed by atoms with Crippen LogP contribution in [0.3, 0.4) is 0 Å². The SMILES string of the molecule is COc1ccc(NC(=O)C(C#N)=Cc2c3ccccc3cc3ccccc23)c([N+](=O)[O-])c1. The number of carbonyl (C=O) groups is 1. The van der Waals surface area contributed by atoms with Crippen LogP contribution in [0.4, 0.5) is 11.4 Å².